The Morgan fingerprint density at radius 3 is 2.60 bits per heavy atom. The lowest BCUT2D eigenvalue weighted by atomic mass is 9.88. The second-order valence-corrected chi connectivity index (χ2v) is 6.46. The molecule has 0 radical (unpaired) electrons. The molecule has 2 aliphatic heterocycles. The number of fused-ring (bicyclic) bond motifs is 1. The second kappa shape index (κ2) is 6.35. The van der Waals surface area contributed by atoms with Gasteiger partial charge in [0.1, 0.15) is 13.2 Å². The van der Waals surface area contributed by atoms with Gasteiger partial charge in [-0.05, 0) is 72.3 Å². The molecule has 20 heavy (non-hydrogen) atoms. The zero-order chi connectivity index (χ0) is 13.9. The molecule has 1 aromatic rings. The Hall–Kier alpha value is -0.740. The third-order valence-corrected chi connectivity index (χ3v) is 4.87. The molecule has 0 amide bonds. The number of nitrogens with one attached hydrogen (secondary N) is 1. The molecule has 3 nitrogen and oxygen atoms in total. The molecule has 2 heterocycles. The summed E-state index contributed by atoms with van der Waals surface area (Å²) in [5, 5.41) is 3.44. The number of hydrogen-bond acceptors (Lipinski definition) is 3. The number of hydrogen-bond donors (Lipinski definition) is 1. The number of ether oxygens (including phenoxy) is 2. The van der Waals surface area contributed by atoms with Crippen LogP contribution in [-0.4, -0.2) is 26.3 Å². The molecule has 3 rings (SSSR count). The minimum absolute atomic E-state index is 0.641. The fourth-order valence-electron chi connectivity index (χ4n) is 3.24. The van der Waals surface area contributed by atoms with Crippen LogP contribution in [0.4, 0.5) is 0 Å². The fraction of sp³-hybridized carbons (Fsp3) is 0.625. The molecule has 0 bridgehead atoms. The van der Waals surface area contributed by atoms with E-state index in [2.05, 4.69) is 34.2 Å². The Balaban J connectivity index is 1.91. The summed E-state index contributed by atoms with van der Waals surface area (Å²) in [4.78, 5) is 0. The maximum absolute atomic E-state index is 5.89. The molecule has 0 aliphatic carbocycles. The monoisotopic (exact) mass is 339 g/mol. The summed E-state index contributed by atoms with van der Waals surface area (Å²) < 4.78 is 12.7. The second-order valence-electron chi connectivity index (χ2n) is 5.60. The van der Waals surface area contributed by atoms with E-state index >= 15 is 0 Å². The number of rotatable bonds is 3. The number of benzene rings is 1. The van der Waals surface area contributed by atoms with E-state index in [4.69, 9.17) is 9.47 Å². The Morgan fingerprint density at radius 2 is 1.90 bits per heavy atom. The molecule has 0 saturated carbocycles. The van der Waals surface area contributed by atoms with Crippen LogP contribution in [0.25, 0.3) is 0 Å². The van der Waals surface area contributed by atoms with Crippen molar-refractivity contribution in [1.29, 1.82) is 0 Å². The molecule has 0 spiro atoms. The molecule has 0 atom stereocenters. The van der Waals surface area contributed by atoms with Gasteiger partial charge in [0.15, 0.2) is 11.5 Å². The maximum atomic E-state index is 5.89. The molecule has 1 N–H and O–H groups in total. The van der Waals surface area contributed by atoms with Crippen LogP contribution in [0.3, 0.4) is 0 Å². The molecule has 110 valence electrons. The first-order chi connectivity index (χ1) is 9.79. The van der Waals surface area contributed by atoms with E-state index in [0.717, 1.165) is 47.8 Å². The van der Waals surface area contributed by atoms with E-state index in [1.165, 1.54) is 24.0 Å². The minimum Gasteiger partial charge on any atom is -0.486 e. The van der Waals surface area contributed by atoms with Crippen LogP contribution < -0.4 is 14.8 Å². The summed E-state index contributed by atoms with van der Waals surface area (Å²) in [5.41, 5.74) is 2.76. The molecule has 4 heteroatoms. The van der Waals surface area contributed by atoms with Crippen molar-refractivity contribution in [2.24, 2.45) is 5.92 Å². The van der Waals surface area contributed by atoms with Gasteiger partial charge in [0.25, 0.3) is 0 Å². The summed E-state index contributed by atoms with van der Waals surface area (Å²) in [6.07, 6.45) is 4.70. The number of piperidine rings is 1. The Morgan fingerprint density at radius 1 is 1.20 bits per heavy atom. The van der Waals surface area contributed by atoms with Crippen molar-refractivity contribution >= 4 is 15.9 Å². The third-order valence-electron chi connectivity index (χ3n) is 4.28. The van der Waals surface area contributed by atoms with Crippen LogP contribution in [-0.2, 0) is 12.8 Å². The summed E-state index contributed by atoms with van der Waals surface area (Å²) in [7, 11) is 0. The first-order valence-electron chi connectivity index (χ1n) is 7.60. The van der Waals surface area contributed by atoms with Crippen molar-refractivity contribution in [2.45, 2.75) is 32.6 Å². The van der Waals surface area contributed by atoms with E-state index in [-0.39, 0.29) is 0 Å². The van der Waals surface area contributed by atoms with E-state index in [1.54, 1.807) is 0 Å². The van der Waals surface area contributed by atoms with Gasteiger partial charge < -0.3 is 14.8 Å². The highest BCUT2D eigenvalue weighted by molar-refractivity contribution is 9.10. The highest BCUT2D eigenvalue weighted by Gasteiger charge is 2.23. The van der Waals surface area contributed by atoms with E-state index in [1.807, 2.05) is 0 Å². The average Bonchev–Trinajstić information content (AvgIpc) is 2.49. The first-order valence-corrected chi connectivity index (χ1v) is 8.39. The predicted octanol–water partition coefficient (Wildman–Crippen LogP) is 3.32. The van der Waals surface area contributed by atoms with Gasteiger partial charge in [0.05, 0.1) is 4.47 Å². The van der Waals surface area contributed by atoms with Crippen LogP contribution in [0, 0.1) is 5.92 Å². The van der Waals surface area contributed by atoms with Gasteiger partial charge >= 0.3 is 0 Å². The van der Waals surface area contributed by atoms with Crippen LogP contribution in [0.15, 0.2) is 10.5 Å². The normalized spacial score (nSPS) is 19.1. The molecule has 0 unspecified atom stereocenters. The smallest absolute Gasteiger partial charge is 0.175 e. The van der Waals surface area contributed by atoms with Crippen molar-refractivity contribution < 1.29 is 9.47 Å². The lowest BCUT2D eigenvalue weighted by Gasteiger charge is -2.27. The van der Waals surface area contributed by atoms with Gasteiger partial charge in [-0.1, -0.05) is 6.92 Å². The molecule has 1 saturated heterocycles. The fourth-order valence-corrected chi connectivity index (χ4v) is 3.81. The van der Waals surface area contributed by atoms with Crippen LogP contribution in [0.1, 0.15) is 30.9 Å². The standard InChI is InChI=1S/C16H22BrNO2/c1-2-13-12(9-11-3-5-18-6-4-11)10-14(17)16-15(13)19-7-8-20-16/h10-11,18H,2-9H2,1H3. The zero-order valence-electron chi connectivity index (χ0n) is 12.0. The predicted molar refractivity (Wildman–Crippen MR) is 83.8 cm³/mol. The van der Waals surface area contributed by atoms with E-state index in [9.17, 15) is 0 Å². The van der Waals surface area contributed by atoms with E-state index < -0.39 is 0 Å². The summed E-state index contributed by atoms with van der Waals surface area (Å²) in [6, 6.07) is 2.24. The Labute approximate surface area is 129 Å². The third kappa shape index (κ3) is 2.82. The minimum atomic E-state index is 0.641. The highest BCUT2D eigenvalue weighted by Crippen LogP contribution is 2.43. The van der Waals surface area contributed by atoms with Gasteiger partial charge in [-0.3, -0.25) is 0 Å². The molecular weight excluding hydrogens is 318 g/mol. The van der Waals surface area contributed by atoms with Crippen molar-refractivity contribution in [3.05, 3.63) is 21.7 Å². The van der Waals surface area contributed by atoms with Crippen LogP contribution in [0.2, 0.25) is 0 Å². The largest absolute Gasteiger partial charge is 0.486 e. The molecule has 2 aliphatic rings. The van der Waals surface area contributed by atoms with Crippen molar-refractivity contribution in [2.75, 3.05) is 26.3 Å². The summed E-state index contributed by atoms with van der Waals surface area (Å²) in [6.45, 7) is 5.80. The molecular formula is C16H22BrNO2. The van der Waals surface area contributed by atoms with Crippen molar-refractivity contribution in [1.82, 2.24) is 5.32 Å². The molecule has 1 fully saturated rings. The first kappa shape index (κ1) is 14.2. The summed E-state index contributed by atoms with van der Waals surface area (Å²) >= 11 is 3.64. The van der Waals surface area contributed by atoms with Crippen LogP contribution >= 0.6 is 15.9 Å². The topological polar surface area (TPSA) is 30.5 Å². The Bertz CT molecular complexity index is 484. The zero-order valence-corrected chi connectivity index (χ0v) is 13.6. The van der Waals surface area contributed by atoms with Crippen LogP contribution in [0.5, 0.6) is 11.5 Å². The maximum Gasteiger partial charge on any atom is 0.175 e. The van der Waals surface area contributed by atoms with Crippen molar-refractivity contribution in [3.8, 4) is 11.5 Å². The lowest BCUT2D eigenvalue weighted by molar-refractivity contribution is 0.168. The highest BCUT2D eigenvalue weighted by atomic mass is 79.9. The number of halogens is 1. The van der Waals surface area contributed by atoms with Gasteiger partial charge in [-0.2, -0.15) is 0 Å². The van der Waals surface area contributed by atoms with Gasteiger partial charge in [0, 0.05) is 5.56 Å². The van der Waals surface area contributed by atoms with Gasteiger partial charge in [0.2, 0.25) is 0 Å². The molecule has 0 aromatic heterocycles. The quantitative estimate of drug-likeness (QED) is 0.916. The lowest BCUT2D eigenvalue weighted by Crippen LogP contribution is -2.29. The van der Waals surface area contributed by atoms with Gasteiger partial charge in [-0.25, -0.2) is 0 Å². The average molecular weight is 340 g/mol. The molecule has 1 aromatic carbocycles. The SMILES string of the molecule is CCc1c(CC2CCNCC2)cc(Br)c2c1OCCO2. The van der Waals surface area contributed by atoms with Gasteiger partial charge in [-0.15, -0.1) is 0 Å². The summed E-state index contributed by atoms with van der Waals surface area (Å²) in [5.74, 6) is 2.65. The van der Waals surface area contributed by atoms with Crippen molar-refractivity contribution in [3.63, 3.8) is 0 Å². The Kier molecular flexibility index (Phi) is 4.51. The van der Waals surface area contributed by atoms with E-state index in [0.29, 0.717) is 13.2 Å².